The molecule has 0 aliphatic carbocycles. The molecule has 0 aliphatic rings. The monoisotopic (exact) mass is 219 g/mol. The molecule has 0 aromatic carbocycles. The Morgan fingerprint density at radius 1 is 1.53 bits per heavy atom. The minimum atomic E-state index is 0.314. The summed E-state index contributed by atoms with van der Waals surface area (Å²) < 4.78 is 1.78. The highest BCUT2D eigenvalue weighted by atomic mass is 32.1. The van der Waals surface area contributed by atoms with Crippen molar-refractivity contribution in [3.63, 3.8) is 0 Å². The molecule has 0 saturated carbocycles. The number of nitrogen functional groups attached to an aromatic ring is 1. The molecule has 0 spiro atoms. The van der Waals surface area contributed by atoms with E-state index >= 15 is 0 Å². The lowest BCUT2D eigenvalue weighted by Crippen LogP contribution is -1.92. The minimum Gasteiger partial charge on any atom is -0.366 e. The quantitative estimate of drug-likeness (QED) is 0.654. The van der Waals surface area contributed by atoms with Gasteiger partial charge in [0.1, 0.15) is 5.69 Å². The number of aromatic nitrogens is 4. The molecule has 3 aromatic rings. The van der Waals surface area contributed by atoms with Gasteiger partial charge >= 0.3 is 0 Å². The topological polar surface area (TPSA) is 72.0 Å². The summed E-state index contributed by atoms with van der Waals surface area (Å²) in [5.41, 5.74) is 7.62. The molecule has 5 nitrogen and oxygen atoms in total. The number of thiazole rings is 1. The maximum atomic E-state index is 5.56. The number of H-pyrrole nitrogens is 1. The molecule has 0 radical (unpaired) electrons. The molecule has 0 atom stereocenters. The molecular formula is C9H9N5S. The van der Waals surface area contributed by atoms with Crippen LogP contribution in [0.25, 0.3) is 16.3 Å². The highest BCUT2D eigenvalue weighted by molar-refractivity contribution is 7.17. The first-order valence-corrected chi connectivity index (χ1v) is 5.33. The molecular weight excluding hydrogens is 210 g/mol. The molecule has 3 aromatic heterocycles. The van der Waals surface area contributed by atoms with Crippen molar-refractivity contribution in [3.8, 4) is 11.4 Å². The number of nitrogens with zero attached hydrogens (tertiary/aromatic N) is 3. The normalized spacial score (nSPS) is 11.3. The van der Waals surface area contributed by atoms with Crippen molar-refractivity contribution < 1.29 is 0 Å². The second-order valence-corrected chi connectivity index (χ2v) is 4.44. The predicted molar refractivity (Wildman–Crippen MR) is 59.8 cm³/mol. The number of nitrogens with two attached hydrogens (primary N) is 1. The highest BCUT2D eigenvalue weighted by Gasteiger charge is 2.14. The molecule has 15 heavy (non-hydrogen) atoms. The zero-order valence-electron chi connectivity index (χ0n) is 8.06. The zero-order valence-corrected chi connectivity index (χ0v) is 8.88. The van der Waals surface area contributed by atoms with Crippen molar-refractivity contribution in [2.45, 2.75) is 6.92 Å². The fourth-order valence-electron chi connectivity index (χ4n) is 1.64. The van der Waals surface area contributed by atoms with E-state index < -0.39 is 0 Å². The van der Waals surface area contributed by atoms with E-state index in [4.69, 9.17) is 5.73 Å². The summed E-state index contributed by atoms with van der Waals surface area (Å²) in [7, 11) is 0. The van der Waals surface area contributed by atoms with Crippen LogP contribution in [0.1, 0.15) is 4.88 Å². The van der Waals surface area contributed by atoms with E-state index in [1.807, 2.05) is 25.3 Å². The minimum absolute atomic E-state index is 0.314. The van der Waals surface area contributed by atoms with Crippen LogP contribution in [-0.2, 0) is 0 Å². The first kappa shape index (κ1) is 8.49. The van der Waals surface area contributed by atoms with Crippen LogP contribution in [0.4, 0.5) is 5.95 Å². The molecule has 76 valence electrons. The Balaban J connectivity index is 2.37. The maximum absolute atomic E-state index is 5.56. The lowest BCUT2D eigenvalue weighted by atomic mass is 10.3. The average Bonchev–Trinajstić information content (AvgIpc) is 2.80. The summed E-state index contributed by atoms with van der Waals surface area (Å²) in [6, 6.07) is 3.96. The van der Waals surface area contributed by atoms with Crippen LogP contribution in [0.5, 0.6) is 0 Å². The van der Waals surface area contributed by atoms with Crippen LogP contribution in [0.2, 0.25) is 0 Å². The van der Waals surface area contributed by atoms with E-state index in [9.17, 15) is 0 Å². The van der Waals surface area contributed by atoms with Crippen LogP contribution in [-0.4, -0.2) is 19.6 Å². The Hall–Kier alpha value is -1.82. The SMILES string of the molecule is Cc1sc2nc(N)nn2c1-c1ccc[nH]1. The predicted octanol–water partition coefficient (Wildman–Crippen LogP) is 1.68. The van der Waals surface area contributed by atoms with Crippen LogP contribution in [0.15, 0.2) is 18.3 Å². The number of hydrogen-bond donors (Lipinski definition) is 2. The molecule has 0 aliphatic heterocycles. The van der Waals surface area contributed by atoms with Gasteiger partial charge in [-0.2, -0.15) is 9.50 Å². The number of aromatic amines is 1. The van der Waals surface area contributed by atoms with Crippen molar-refractivity contribution in [3.05, 3.63) is 23.2 Å². The third-order valence-corrected chi connectivity index (χ3v) is 3.18. The van der Waals surface area contributed by atoms with Crippen LogP contribution in [0, 0.1) is 6.92 Å². The smallest absolute Gasteiger partial charge is 0.241 e. The Kier molecular flexibility index (Phi) is 1.60. The third kappa shape index (κ3) is 1.15. The van der Waals surface area contributed by atoms with E-state index in [1.54, 1.807) is 15.9 Å². The van der Waals surface area contributed by atoms with Crippen molar-refractivity contribution in [1.82, 2.24) is 19.6 Å². The van der Waals surface area contributed by atoms with Gasteiger partial charge in [0.05, 0.1) is 5.69 Å². The summed E-state index contributed by atoms with van der Waals surface area (Å²) in [5.74, 6) is 0.314. The lowest BCUT2D eigenvalue weighted by molar-refractivity contribution is 0.982. The Labute approximate surface area is 89.6 Å². The van der Waals surface area contributed by atoms with Gasteiger partial charge in [-0.3, -0.25) is 0 Å². The molecule has 0 amide bonds. The number of rotatable bonds is 1. The van der Waals surface area contributed by atoms with Gasteiger partial charge in [-0.25, -0.2) is 0 Å². The van der Waals surface area contributed by atoms with Gasteiger partial charge in [-0.05, 0) is 19.1 Å². The lowest BCUT2D eigenvalue weighted by Gasteiger charge is -1.95. The average molecular weight is 219 g/mol. The first-order chi connectivity index (χ1) is 7.25. The summed E-state index contributed by atoms with van der Waals surface area (Å²) in [4.78, 5) is 9.30. The maximum Gasteiger partial charge on any atom is 0.241 e. The van der Waals surface area contributed by atoms with E-state index in [0.29, 0.717) is 5.95 Å². The molecule has 3 N–H and O–H groups in total. The Bertz CT molecular complexity index is 604. The van der Waals surface area contributed by atoms with Crippen LogP contribution >= 0.6 is 11.3 Å². The fraction of sp³-hybridized carbons (Fsp3) is 0.111. The Morgan fingerprint density at radius 2 is 2.40 bits per heavy atom. The van der Waals surface area contributed by atoms with Gasteiger partial charge in [0.25, 0.3) is 0 Å². The van der Waals surface area contributed by atoms with Crippen molar-refractivity contribution in [2.24, 2.45) is 0 Å². The molecule has 3 rings (SSSR count). The second-order valence-electron chi connectivity index (χ2n) is 3.26. The number of aryl methyl sites for hydroxylation is 1. The summed E-state index contributed by atoms with van der Waals surface area (Å²) in [5, 5.41) is 4.16. The standard InChI is InChI=1S/C9H9N5S/c1-5-7(6-3-2-4-11-6)14-9(15-5)12-8(10)13-14/h2-4,11H,1H3,(H2,10,13). The van der Waals surface area contributed by atoms with Crippen molar-refractivity contribution in [2.75, 3.05) is 5.73 Å². The van der Waals surface area contributed by atoms with Crippen LogP contribution in [0.3, 0.4) is 0 Å². The van der Waals surface area contributed by atoms with Crippen LogP contribution < -0.4 is 5.73 Å². The second kappa shape index (κ2) is 2.83. The molecule has 0 saturated heterocycles. The summed E-state index contributed by atoms with van der Waals surface area (Å²) >= 11 is 1.59. The first-order valence-electron chi connectivity index (χ1n) is 4.51. The van der Waals surface area contributed by atoms with Gasteiger partial charge in [0.15, 0.2) is 0 Å². The number of nitrogens with one attached hydrogen (secondary N) is 1. The molecule has 3 heterocycles. The van der Waals surface area contributed by atoms with Gasteiger partial charge in [-0.15, -0.1) is 5.10 Å². The summed E-state index contributed by atoms with van der Waals surface area (Å²) in [6.07, 6.45) is 1.89. The molecule has 0 bridgehead atoms. The van der Waals surface area contributed by atoms with E-state index in [-0.39, 0.29) is 0 Å². The van der Waals surface area contributed by atoms with E-state index in [1.165, 1.54) is 4.88 Å². The van der Waals surface area contributed by atoms with Gasteiger partial charge in [0, 0.05) is 11.1 Å². The van der Waals surface area contributed by atoms with Crippen molar-refractivity contribution >= 4 is 22.2 Å². The third-order valence-electron chi connectivity index (χ3n) is 2.24. The Morgan fingerprint density at radius 3 is 3.13 bits per heavy atom. The molecule has 0 fully saturated rings. The number of fused-ring (bicyclic) bond motifs is 1. The van der Waals surface area contributed by atoms with Crippen molar-refractivity contribution in [1.29, 1.82) is 0 Å². The zero-order chi connectivity index (χ0) is 10.4. The molecule has 6 heteroatoms. The number of anilines is 1. The van der Waals surface area contributed by atoms with Gasteiger partial charge < -0.3 is 10.7 Å². The van der Waals surface area contributed by atoms with Gasteiger partial charge in [0.2, 0.25) is 10.9 Å². The highest BCUT2D eigenvalue weighted by Crippen LogP contribution is 2.29. The van der Waals surface area contributed by atoms with E-state index in [0.717, 1.165) is 16.3 Å². The molecule has 0 unspecified atom stereocenters. The largest absolute Gasteiger partial charge is 0.366 e. The summed E-state index contributed by atoms with van der Waals surface area (Å²) in [6.45, 7) is 2.05. The fourth-order valence-corrected chi connectivity index (χ4v) is 2.57. The van der Waals surface area contributed by atoms with E-state index in [2.05, 4.69) is 15.1 Å². The number of hydrogen-bond acceptors (Lipinski definition) is 4. The van der Waals surface area contributed by atoms with Gasteiger partial charge in [-0.1, -0.05) is 11.3 Å².